The number of pyridine rings is 2. The number of nitrogens with zero attached hydrogens (tertiary/aromatic N) is 3. The van der Waals surface area contributed by atoms with Gasteiger partial charge in [0.15, 0.2) is 0 Å². The van der Waals surface area contributed by atoms with Gasteiger partial charge >= 0.3 is 0 Å². The van der Waals surface area contributed by atoms with Crippen molar-refractivity contribution in [1.82, 2.24) is 14.9 Å². The van der Waals surface area contributed by atoms with Crippen LogP contribution in [0.4, 0.5) is 4.39 Å². The van der Waals surface area contributed by atoms with Gasteiger partial charge < -0.3 is 0 Å². The van der Waals surface area contributed by atoms with Crippen molar-refractivity contribution in [3.05, 3.63) is 84.1 Å². The monoisotopic (exact) mass is 347 g/mol. The van der Waals surface area contributed by atoms with Crippen LogP contribution in [0.3, 0.4) is 0 Å². The van der Waals surface area contributed by atoms with Crippen molar-refractivity contribution < 1.29 is 4.39 Å². The van der Waals surface area contributed by atoms with E-state index in [1.807, 2.05) is 30.6 Å². The van der Waals surface area contributed by atoms with Crippen LogP contribution in [-0.2, 0) is 6.54 Å². The Morgan fingerprint density at radius 2 is 1.85 bits per heavy atom. The van der Waals surface area contributed by atoms with E-state index in [1.165, 1.54) is 11.6 Å². The molecule has 0 bridgehead atoms. The molecule has 0 N–H and O–H groups in total. The zero-order valence-electron chi connectivity index (χ0n) is 14.7. The van der Waals surface area contributed by atoms with Gasteiger partial charge in [-0.2, -0.15) is 0 Å². The van der Waals surface area contributed by atoms with Crippen LogP contribution in [0.25, 0.3) is 11.3 Å². The number of aromatic nitrogens is 2. The molecule has 3 aromatic rings. The van der Waals surface area contributed by atoms with Gasteiger partial charge in [0.25, 0.3) is 0 Å². The molecule has 4 heteroatoms. The first kappa shape index (κ1) is 16.9. The van der Waals surface area contributed by atoms with E-state index in [0.29, 0.717) is 17.2 Å². The third kappa shape index (κ3) is 3.81. The number of hydrogen-bond donors (Lipinski definition) is 0. The SMILES string of the molecule is Fc1ccccc1-c1cccc([C@@H]2CCCN(Cc3ccncc3)C2)n1. The second-order valence-electron chi connectivity index (χ2n) is 6.86. The van der Waals surface area contributed by atoms with Crippen LogP contribution < -0.4 is 0 Å². The molecule has 0 amide bonds. The number of rotatable bonds is 4. The van der Waals surface area contributed by atoms with Crippen LogP contribution in [0.1, 0.15) is 30.0 Å². The molecule has 1 aliphatic heterocycles. The molecule has 3 heterocycles. The molecule has 0 spiro atoms. The van der Waals surface area contributed by atoms with E-state index in [4.69, 9.17) is 4.98 Å². The summed E-state index contributed by atoms with van der Waals surface area (Å²) in [6.45, 7) is 3.02. The molecule has 1 aliphatic rings. The Labute approximate surface area is 153 Å². The van der Waals surface area contributed by atoms with Crippen LogP contribution in [-0.4, -0.2) is 28.0 Å². The predicted molar refractivity (Wildman–Crippen MR) is 101 cm³/mol. The van der Waals surface area contributed by atoms with E-state index in [0.717, 1.165) is 38.2 Å². The van der Waals surface area contributed by atoms with E-state index in [-0.39, 0.29) is 5.82 Å². The quantitative estimate of drug-likeness (QED) is 0.687. The van der Waals surface area contributed by atoms with Crippen molar-refractivity contribution in [2.45, 2.75) is 25.3 Å². The molecule has 0 aliphatic carbocycles. The van der Waals surface area contributed by atoms with Crippen molar-refractivity contribution in [2.24, 2.45) is 0 Å². The van der Waals surface area contributed by atoms with Gasteiger partial charge in [0.1, 0.15) is 5.82 Å². The maximum Gasteiger partial charge on any atom is 0.132 e. The van der Waals surface area contributed by atoms with Gasteiger partial charge in [-0.1, -0.05) is 18.2 Å². The molecule has 0 unspecified atom stereocenters. The minimum Gasteiger partial charge on any atom is -0.298 e. The van der Waals surface area contributed by atoms with Crippen molar-refractivity contribution in [2.75, 3.05) is 13.1 Å². The second-order valence-corrected chi connectivity index (χ2v) is 6.86. The Kier molecular flexibility index (Phi) is 5.02. The zero-order valence-corrected chi connectivity index (χ0v) is 14.7. The summed E-state index contributed by atoms with van der Waals surface area (Å²) in [5.74, 6) is 0.164. The highest BCUT2D eigenvalue weighted by atomic mass is 19.1. The topological polar surface area (TPSA) is 29.0 Å². The van der Waals surface area contributed by atoms with Crippen LogP contribution in [0.2, 0.25) is 0 Å². The number of hydrogen-bond acceptors (Lipinski definition) is 3. The first-order valence-corrected chi connectivity index (χ1v) is 9.13. The molecule has 1 fully saturated rings. The van der Waals surface area contributed by atoms with E-state index < -0.39 is 0 Å². The van der Waals surface area contributed by atoms with Gasteiger partial charge in [-0.15, -0.1) is 0 Å². The minimum atomic E-state index is -0.222. The smallest absolute Gasteiger partial charge is 0.132 e. The van der Waals surface area contributed by atoms with Gasteiger partial charge in [-0.3, -0.25) is 14.9 Å². The van der Waals surface area contributed by atoms with Crippen LogP contribution in [0.15, 0.2) is 67.0 Å². The molecule has 132 valence electrons. The van der Waals surface area contributed by atoms with E-state index >= 15 is 0 Å². The maximum atomic E-state index is 14.1. The molecule has 0 radical (unpaired) electrons. The first-order chi connectivity index (χ1) is 12.8. The Morgan fingerprint density at radius 1 is 1.00 bits per heavy atom. The fraction of sp³-hybridized carbons (Fsp3) is 0.273. The lowest BCUT2D eigenvalue weighted by molar-refractivity contribution is 0.198. The molecule has 4 rings (SSSR count). The average Bonchev–Trinajstić information content (AvgIpc) is 2.69. The third-order valence-electron chi connectivity index (χ3n) is 5.00. The second kappa shape index (κ2) is 7.75. The highest BCUT2D eigenvalue weighted by Crippen LogP contribution is 2.29. The fourth-order valence-electron chi connectivity index (χ4n) is 3.68. The van der Waals surface area contributed by atoms with Crippen LogP contribution in [0, 0.1) is 5.82 Å². The summed E-state index contributed by atoms with van der Waals surface area (Å²) < 4.78 is 14.1. The average molecular weight is 347 g/mol. The first-order valence-electron chi connectivity index (χ1n) is 9.13. The molecular weight excluding hydrogens is 325 g/mol. The Bertz CT molecular complexity index is 866. The summed E-state index contributed by atoms with van der Waals surface area (Å²) in [6.07, 6.45) is 5.97. The molecule has 26 heavy (non-hydrogen) atoms. The van der Waals surface area contributed by atoms with E-state index in [1.54, 1.807) is 12.1 Å². The van der Waals surface area contributed by atoms with E-state index in [2.05, 4.69) is 28.1 Å². The molecule has 1 aromatic carbocycles. The summed E-state index contributed by atoms with van der Waals surface area (Å²) in [7, 11) is 0. The summed E-state index contributed by atoms with van der Waals surface area (Å²) in [4.78, 5) is 11.4. The summed E-state index contributed by atoms with van der Waals surface area (Å²) >= 11 is 0. The third-order valence-corrected chi connectivity index (χ3v) is 5.00. The van der Waals surface area contributed by atoms with Gasteiger partial charge in [0.2, 0.25) is 0 Å². The van der Waals surface area contributed by atoms with Gasteiger partial charge in [0, 0.05) is 42.7 Å². The fourth-order valence-corrected chi connectivity index (χ4v) is 3.68. The van der Waals surface area contributed by atoms with Gasteiger partial charge in [-0.25, -0.2) is 4.39 Å². The van der Waals surface area contributed by atoms with Crippen molar-refractivity contribution in [3.63, 3.8) is 0 Å². The largest absolute Gasteiger partial charge is 0.298 e. The highest BCUT2D eigenvalue weighted by molar-refractivity contribution is 5.59. The Morgan fingerprint density at radius 3 is 2.69 bits per heavy atom. The van der Waals surface area contributed by atoms with Crippen LogP contribution >= 0.6 is 0 Å². The molecule has 1 saturated heterocycles. The number of piperidine rings is 1. The normalized spacial score (nSPS) is 18.0. The lowest BCUT2D eigenvalue weighted by atomic mass is 9.93. The lowest BCUT2D eigenvalue weighted by Crippen LogP contribution is -2.34. The van der Waals surface area contributed by atoms with E-state index in [9.17, 15) is 4.39 Å². The van der Waals surface area contributed by atoms with Gasteiger partial charge in [0.05, 0.1) is 5.69 Å². The summed E-state index contributed by atoms with van der Waals surface area (Å²) in [5, 5.41) is 0. The summed E-state index contributed by atoms with van der Waals surface area (Å²) in [5.41, 5.74) is 3.63. The number of likely N-dealkylation sites (tertiary alicyclic amines) is 1. The molecular formula is C22H22FN3. The predicted octanol–water partition coefficient (Wildman–Crippen LogP) is 4.66. The molecule has 3 nitrogen and oxygen atoms in total. The summed E-state index contributed by atoms with van der Waals surface area (Å²) in [6, 6.07) is 16.9. The molecule has 2 aromatic heterocycles. The van der Waals surface area contributed by atoms with Gasteiger partial charge in [-0.05, 0) is 61.3 Å². The number of benzene rings is 1. The van der Waals surface area contributed by atoms with Crippen molar-refractivity contribution in [3.8, 4) is 11.3 Å². The lowest BCUT2D eigenvalue weighted by Gasteiger charge is -2.32. The molecule has 0 saturated carbocycles. The Balaban J connectivity index is 1.52. The van der Waals surface area contributed by atoms with Crippen LogP contribution in [0.5, 0.6) is 0 Å². The standard InChI is InChI=1S/C22H22FN3/c23-20-7-2-1-6-19(20)22-9-3-8-21(25-22)18-5-4-14-26(16-18)15-17-10-12-24-13-11-17/h1-3,6-13,18H,4-5,14-16H2/t18-/m1/s1. The van der Waals surface area contributed by atoms with Crippen molar-refractivity contribution in [1.29, 1.82) is 0 Å². The maximum absolute atomic E-state index is 14.1. The number of halogens is 1. The zero-order chi connectivity index (χ0) is 17.8. The highest BCUT2D eigenvalue weighted by Gasteiger charge is 2.23. The Hall–Kier alpha value is -2.59. The minimum absolute atomic E-state index is 0.222. The molecule has 1 atom stereocenters. The van der Waals surface area contributed by atoms with Crippen molar-refractivity contribution >= 4 is 0 Å².